The number of esters is 1. The Morgan fingerprint density at radius 2 is 2.14 bits per heavy atom. The summed E-state index contributed by atoms with van der Waals surface area (Å²) < 4.78 is 9.91. The van der Waals surface area contributed by atoms with Crippen molar-refractivity contribution in [3.05, 3.63) is 59.0 Å². The summed E-state index contributed by atoms with van der Waals surface area (Å²) in [5.41, 5.74) is 3.72. The van der Waals surface area contributed by atoms with E-state index in [-0.39, 0.29) is 0 Å². The Balaban J connectivity index is 1.62. The first kappa shape index (κ1) is 13.9. The predicted octanol–water partition coefficient (Wildman–Crippen LogP) is 2.71. The number of hydrogen-bond acceptors (Lipinski definition) is 4. The number of furan rings is 1. The van der Waals surface area contributed by atoms with Gasteiger partial charge in [-0.05, 0) is 36.5 Å². The SMILES string of the molecule is COC(=O)c1occc1CNC1CCc2ccccc2C1. The molecule has 4 heteroatoms. The molecule has 0 aliphatic heterocycles. The van der Waals surface area contributed by atoms with Crippen molar-refractivity contribution in [3.8, 4) is 0 Å². The summed E-state index contributed by atoms with van der Waals surface area (Å²) in [6.45, 7) is 0.619. The van der Waals surface area contributed by atoms with Crippen LogP contribution < -0.4 is 5.32 Å². The third-order valence-corrected chi connectivity index (χ3v) is 4.05. The minimum atomic E-state index is -0.425. The van der Waals surface area contributed by atoms with Gasteiger partial charge in [-0.25, -0.2) is 4.79 Å². The van der Waals surface area contributed by atoms with Crippen molar-refractivity contribution in [1.82, 2.24) is 5.32 Å². The van der Waals surface area contributed by atoms with Crippen molar-refractivity contribution >= 4 is 5.97 Å². The molecule has 3 rings (SSSR count). The van der Waals surface area contributed by atoms with Crippen LogP contribution in [0.1, 0.15) is 33.7 Å². The minimum absolute atomic E-state index is 0.293. The van der Waals surface area contributed by atoms with E-state index in [9.17, 15) is 4.79 Å². The Morgan fingerprint density at radius 1 is 1.33 bits per heavy atom. The van der Waals surface area contributed by atoms with E-state index < -0.39 is 5.97 Å². The normalized spacial score (nSPS) is 17.3. The average molecular weight is 285 g/mol. The van der Waals surface area contributed by atoms with Crippen molar-refractivity contribution in [3.63, 3.8) is 0 Å². The van der Waals surface area contributed by atoms with Crippen LogP contribution in [0.15, 0.2) is 41.0 Å². The summed E-state index contributed by atoms with van der Waals surface area (Å²) in [6, 6.07) is 10.8. The molecular formula is C17H19NO3. The molecule has 1 aliphatic carbocycles. The van der Waals surface area contributed by atoms with Crippen LogP contribution in [0.4, 0.5) is 0 Å². The van der Waals surface area contributed by atoms with E-state index in [1.54, 1.807) is 0 Å². The fourth-order valence-electron chi connectivity index (χ4n) is 2.87. The smallest absolute Gasteiger partial charge is 0.374 e. The first-order valence-electron chi connectivity index (χ1n) is 7.23. The number of benzene rings is 1. The zero-order chi connectivity index (χ0) is 14.7. The summed E-state index contributed by atoms with van der Waals surface area (Å²) in [4.78, 5) is 11.6. The quantitative estimate of drug-likeness (QED) is 0.878. The van der Waals surface area contributed by atoms with Gasteiger partial charge in [-0.3, -0.25) is 0 Å². The Hall–Kier alpha value is -2.07. The van der Waals surface area contributed by atoms with Gasteiger partial charge in [0.15, 0.2) is 0 Å². The first-order chi connectivity index (χ1) is 10.3. The molecule has 1 N–H and O–H groups in total. The van der Waals surface area contributed by atoms with Crippen molar-refractivity contribution in [2.24, 2.45) is 0 Å². The maximum atomic E-state index is 11.6. The third-order valence-electron chi connectivity index (χ3n) is 4.05. The molecule has 0 saturated carbocycles. The highest BCUT2D eigenvalue weighted by molar-refractivity contribution is 5.87. The third kappa shape index (κ3) is 3.00. The molecule has 0 radical (unpaired) electrons. The van der Waals surface area contributed by atoms with Crippen LogP contribution >= 0.6 is 0 Å². The van der Waals surface area contributed by atoms with Gasteiger partial charge in [-0.1, -0.05) is 24.3 Å². The van der Waals surface area contributed by atoms with E-state index in [4.69, 9.17) is 9.15 Å². The maximum Gasteiger partial charge on any atom is 0.374 e. The number of methoxy groups -OCH3 is 1. The van der Waals surface area contributed by atoms with Gasteiger partial charge in [0.1, 0.15) is 0 Å². The van der Waals surface area contributed by atoms with Crippen LogP contribution in [0.25, 0.3) is 0 Å². The van der Waals surface area contributed by atoms with E-state index in [0.717, 1.165) is 24.8 Å². The Labute approximate surface area is 124 Å². The molecular weight excluding hydrogens is 266 g/mol. The summed E-state index contributed by atoms with van der Waals surface area (Å²) in [7, 11) is 1.36. The van der Waals surface area contributed by atoms with Crippen LogP contribution in [0.3, 0.4) is 0 Å². The molecule has 0 bridgehead atoms. The second-order valence-corrected chi connectivity index (χ2v) is 5.36. The molecule has 4 nitrogen and oxygen atoms in total. The van der Waals surface area contributed by atoms with Crippen molar-refractivity contribution in [2.75, 3.05) is 7.11 Å². The highest BCUT2D eigenvalue weighted by Gasteiger charge is 2.20. The lowest BCUT2D eigenvalue weighted by atomic mass is 9.88. The molecule has 1 heterocycles. The molecule has 2 aromatic rings. The molecule has 1 aliphatic rings. The molecule has 0 amide bonds. The molecule has 0 saturated heterocycles. The Bertz CT molecular complexity index is 632. The summed E-state index contributed by atoms with van der Waals surface area (Å²) in [5.74, 6) is -0.132. The number of nitrogens with one attached hydrogen (secondary N) is 1. The van der Waals surface area contributed by atoms with E-state index in [1.165, 1.54) is 24.5 Å². The monoisotopic (exact) mass is 285 g/mol. The van der Waals surface area contributed by atoms with Gasteiger partial charge in [-0.15, -0.1) is 0 Å². The van der Waals surface area contributed by atoms with Gasteiger partial charge in [0.25, 0.3) is 0 Å². The predicted molar refractivity (Wildman–Crippen MR) is 79.1 cm³/mol. The molecule has 0 spiro atoms. The number of carbonyl (C=O) groups excluding carboxylic acids is 1. The van der Waals surface area contributed by atoms with Crippen LogP contribution in [-0.2, 0) is 24.1 Å². The number of fused-ring (bicyclic) bond motifs is 1. The van der Waals surface area contributed by atoms with E-state index in [2.05, 4.69) is 29.6 Å². The second-order valence-electron chi connectivity index (χ2n) is 5.36. The summed E-state index contributed by atoms with van der Waals surface area (Å²) in [6.07, 6.45) is 4.77. The van der Waals surface area contributed by atoms with Crippen LogP contribution in [0, 0.1) is 0 Å². The average Bonchev–Trinajstić information content (AvgIpc) is 3.00. The van der Waals surface area contributed by atoms with Crippen molar-refractivity contribution < 1.29 is 13.9 Å². The topological polar surface area (TPSA) is 51.5 Å². The van der Waals surface area contributed by atoms with Crippen LogP contribution in [-0.4, -0.2) is 19.1 Å². The van der Waals surface area contributed by atoms with Gasteiger partial charge in [0, 0.05) is 18.2 Å². The number of carbonyl (C=O) groups is 1. The Kier molecular flexibility index (Phi) is 4.06. The van der Waals surface area contributed by atoms with Crippen molar-refractivity contribution in [2.45, 2.75) is 31.8 Å². The lowest BCUT2D eigenvalue weighted by Crippen LogP contribution is -2.34. The highest BCUT2D eigenvalue weighted by atomic mass is 16.5. The molecule has 0 fully saturated rings. The number of rotatable bonds is 4. The van der Waals surface area contributed by atoms with Gasteiger partial charge in [-0.2, -0.15) is 0 Å². The maximum absolute atomic E-state index is 11.6. The van der Waals surface area contributed by atoms with Gasteiger partial charge < -0.3 is 14.5 Å². The van der Waals surface area contributed by atoms with Crippen molar-refractivity contribution in [1.29, 1.82) is 0 Å². The van der Waals surface area contributed by atoms with Gasteiger partial charge in [0.05, 0.1) is 13.4 Å². The number of ether oxygens (including phenoxy) is 1. The fraction of sp³-hybridized carbons (Fsp3) is 0.353. The summed E-state index contributed by atoms with van der Waals surface area (Å²) in [5, 5.41) is 3.52. The molecule has 1 aromatic heterocycles. The number of aryl methyl sites for hydroxylation is 1. The molecule has 1 atom stereocenters. The van der Waals surface area contributed by atoms with E-state index in [1.807, 2.05) is 6.07 Å². The van der Waals surface area contributed by atoms with E-state index >= 15 is 0 Å². The molecule has 110 valence electrons. The number of hydrogen-bond donors (Lipinski definition) is 1. The zero-order valence-corrected chi connectivity index (χ0v) is 12.1. The molecule has 1 unspecified atom stereocenters. The van der Waals surface area contributed by atoms with Gasteiger partial charge in [0.2, 0.25) is 5.76 Å². The van der Waals surface area contributed by atoms with Gasteiger partial charge >= 0.3 is 5.97 Å². The highest BCUT2D eigenvalue weighted by Crippen LogP contribution is 2.21. The fourth-order valence-corrected chi connectivity index (χ4v) is 2.87. The first-order valence-corrected chi connectivity index (χ1v) is 7.23. The second kappa shape index (κ2) is 6.14. The summed E-state index contributed by atoms with van der Waals surface area (Å²) >= 11 is 0. The van der Waals surface area contributed by atoms with Crippen LogP contribution in [0.2, 0.25) is 0 Å². The lowest BCUT2D eigenvalue weighted by molar-refractivity contribution is 0.0563. The standard InChI is InChI=1S/C17H19NO3/c1-20-17(19)16-14(8-9-21-16)11-18-15-7-6-12-4-2-3-5-13(12)10-15/h2-5,8-9,15,18H,6-7,10-11H2,1H3. The zero-order valence-electron chi connectivity index (χ0n) is 12.1. The lowest BCUT2D eigenvalue weighted by Gasteiger charge is -2.25. The largest absolute Gasteiger partial charge is 0.463 e. The van der Waals surface area contributed by atoms with E-state index in [0.29, 0.717) is 18.3 Å². The Morgan fingerprint density at radius 3 is 2.95 bits per heavy atom. The molecule has 21 heavy (non-hydrogen) atoms. The minimum Gasteiger partial charge on any atom is -0.463 e. The van der Waals surface area contributed by atoms with Crippen LogP contribution in [0.5, 0.6) is 0 Å². The molecule has 1 aromatic carbocycles.